The van der Waals surface area contributed by atoms with E-state index in [1.165, 1.54) is 11.1 Å². The Morgan fingerprint density at radius 2 is 2.15 bits per heavy atom. The zero-order chi connectivity index (χ0) is 27.8. The van der Waals surface area contributed by atoms with Gasteiger partial charge in [-0.25, -0.2) is 14.5 Å². The van der Waals surface area contributed by atoms with Crippen molar-refractivity contribution >= 4 is 23.8 Å². The summed E-state index contributed by atoms with van der Waals surface area (Å²) in [7, 11) is 0. The van der Waals surface area contributed by atoms with Crippen LogP contribution in [0.4, 0.5) is 10.6 Å². The second-order valence-electron chi connectivity index (χ2n) is 12.1. The molecule has 0 bridgehead atoms. The van der Waals surface area contributed by atoms with E-state index < -0.39 is 5.60 Å². The van der Waals surface area contributed by atoms with Crippen LogP contribution < -0.4 is 5.32 Å². The maximum absolute atomic E-state index is 12.7. The van der Waals surface area contributed by atoms with Crippen LogP contribution >= 0.6 is 0 Å². The molecule has 4 aliphatic rings. The lowest BCUT2D eigenvalue weighted by Gasteiger charge is -2.45. The molecule has 206 valence electrons. The average Bonchev–Trinajstić information content (AvgIpc) is 3.26. The zero-order valence-electron chi connectivity index (χ0n) is 23.9. The number of amides is 1. The molecule has 1 aromatic rings. The van der Waals surface area contributed by atoms with E-state index in [1.54, 1.807) is 0 Å². The van der Waals surface area contributed by atoms with E-state index in [0.717, 1.165) is 49.3 Å². The summed E-state index contributed by atoms with van der Waals surface area (Å²) in [4.78, 5) is 22.7. The highest BCUT2D eigenvalue weighted by atomic mass is 16.6. The van der Waals surface area contributed by atoms with E-state index in [4.69, 9.17) is 14.8 Å². The van der Waals surface area contributed by atoms with Crippen LogP contribution in [-0.4, -0.2) is 38.9 Å². The van der Waals surface area contributed by atoms with Gasteiger partial charge in [-0.05, 0) is 70.9 Å². The number of aromatic nitrogens is 2. The number of nitrogens with zero attached hydrogens (tertiary/aromatic N) is 4. The molecular weight excluding hydrogens is 486 g/mol. The molecule has 7 heteroatoms. The van der Waals surface area contributed by atoms with Gasteiger partial charge in [-0.2, -0.15) is 5.10 Å². The van der Waals surface area contributed by atoms with Gasteiger partial charge in [0.25, 0.3) is 0 Å². The molecule has 39 heavy (non-hydrogen) atoms. The second-order valence-corrected chi connectivity index (χ2v) is 12.1. The largest absolute Gasteiger partial charge is 0.444 e. The Hall–Kier alpha value is -3.48. The molecule has 2 aliphatic heterocycles. The highest BCUT2D eigenvalue weighted by Gasteiger charge is 2.43. The van der Waals surface area contributed by atoms with Crippen molar-refractivity contribution in [1.29, 1.82) is 0 Å². The first kappa shape index (κ1) is 27.1. The van der Waals surface area contributed by atoms with Gasteiger partial charge in [-0.15, -0.1) is 0 Å². The van der Waals surface area contributed by atoms with Crippen molar-refractivity contribution in [3.05, 3.63) is 72.0 Å². The third kappa shape index (κ3) is 5.49. The number of nitrogens with one attached hydrogen (secondary N) is 1. The maximum Gasteiger partial charge on any atom is 0.408 e. The van der Waals surface area contributed by atoms with Gasteiger partial charge < -0.3 is 10.1 Å². The standard InChI is InChI=1S/C32H41N5O2/c1-7-9-11-22(8-2)26-19-24-20-33-27-18-21(3)36-37(27)29(24)34-28(26)23-12-14-25(15-13-23)32(16-10-17-32)35-30(38)39-31(4,5)6/h7,9,11-12,14-15,18-20,22-24,29H,1,8,10,13,16-17H2,2-6H3,(H,35,38)/b11-9-. The normalized spacial score (nSPS) is 26.0. The van der Waals surface area contributed by atoms with Gasteiger partial charge in [-0.3, -0.25) is 4.99 Å². The number of hydrogen-bond donors (Lipinski definition) is 1. The number of fused-ring (bicyclic) bond motifs is 3. The van der Waals surface area contributed by atoms with Crippen LogP contribution in [0.15, 0.2) is 76.3 Å². The number of carbonyl (C=O) groups excluding carboxylic acids is 1. The third-order valence-electron chi connectivity index (χ3n) is 8.02. The van der Waals surface area contributed by atoms with E-state index in [-0.39, 0.29) is 35.6 Å². The summed E-state index contributed by atoms with van der Waals surface area (Å²) in [5.41, 5.74) is 3.62. The van der Waals surface area contributed by atoms with E-state index in [1.807, 2.05) is 56.8 Å². The van der Waals surface area contributed by atoms with E-state index in [0.29, 0.717) is 0 Å². The van der Waals surface area contributed by atoms with Crippen molar-refractivity contribution in [2.24, 2.45) is 27.7 Å². The Balaban J connectivity index is 1.43. The molecule has 1 saturated carbocycles. The maximum atomic E-state index is 12.7. The van der Waals surface area contributed by atoms with Crippen LogP contribution in [0.1, 0.15) is 71.7 Å². The smallest absolute Gasteiger partial charge is 0.408 e. The molecule has 0 spiro atoms. The number of carbonyl (C=O) groups is 1. The molecule has 1 N–H and O–H groups in total. The van der Waals surface area contributed by atoms with Crippen molar-refractivity contribution < 1.29 is 9.53 Å². The summed E-state index contributed by atoms with van der Waals surface area (Å²) in [5.74, 6) is 1.30. The topological polar surface area (TPSA) is 80.9 Å². The number of aryl methyl sites for hydroxylation is 1. The first-order valence-corrected chi connectivity index (χ1v) is 14.2. The summed E-state index contributed by atoms with van der Waals surface area (Å²) >= 11 is 0. The lowest BCUT2D eigenvalue weighted by Crippen LogP contribution is -2.55. The van der Waals surface area contributed by atoms with Crippen molar-refractivity contribution in [1.82, 2.24) is 15.1 Å². The molecule has 0 aromatic carbocycles. The number of dihydropyridines is 1. The molecule has 2 aliphatic carbocycles. The fourth-order valence-electron chi connectivity index (χ4n) is 5.97. The summed E-state index contributed by atoms with van der Waals surface area (Å²) < 4.78 is 7.55. The van der Waals surface area contributed by atoms with Crippen molar-refractivity contribution in [3.8, 4) is 0 Å². The lowest BCUT2D eigenvalue weighted by molar-refractivity contribution is 0.0424. The van der Waals surface area contributed by atoms with E-state index in [9.17, 15) is 4.79 Å². The minimum Gasteiger partial charge on any atom is -0.444 e. The van der Waals surface area contributed by atoms with Crippen LogP contribution in [0.5, 0.6) is 0 Å². The van der Waals surface area contributed by atoms with Crippen LogP contribution in [0.2, 0.25) is 0 Å². The quantitative estimate of drug-likeness (QED) is 0.383. The fraction of sp³-hybridized carbons (Fsp3) is 0.500. The number of alkyl carbamates (subject to hydrolysis) is 1. The van der Waals surface area contributed by atoms with Crippen LogP contribution in [0.25, 0.3) is 0 Å². The zero-order valence-corrected chi connectivity index (χ0v) is 23.9. The summed E-state index contributed by atoms with van der Waals surface area (Å²) in [6.07, 6.45) is 21.5. The minimum absolute atomic E-state index is 0.0664. The van der Waals surface area contributed by atoms with Gasteiger partial charge in [0.1, 0.15) is 5.60 Å². The molecule has 3 heterocycles. The monoisotopic (exact) mass is 527 g/mol. The molecule has 0 radical (unpaired) electrons. The van der Waals surface area contributed by atoms with Crippen LogP contribution in [0, 0.1) is 24.7 Å². The Labute approximate surface area is 232 Å². The first-order chi connectivity index (χ1) is 18.6. The number of allylic oxidation sites excluding steroid dienone is 6. The summed E-state index contributed by atoms with van der Waals surface area (Å²) in [6.45, 7) is 13.8. The highest BCUT2D eigenvalue weighted by Crippen LogP contribution is 2.43. The van der Waals surface area contributed by atoms with E-state index in [2.05, 4.69) is 54.2 Å². The Morgan fingerprint density at radius 1 is 1.36 bits per heavy atom. The van der Waals surface area contributed by atoms with Gasteiger partial charge in [0, 0.05) is 29.8 Å². The number of rotatable bonds is 7. The Morgan fingerprint density at radius 3 is 2.77 bits per heavy atom. The molecule has 0 saturated heterocycles. The predicted octanol–water partition coefficient (Wildman–Crippen LogP) is 7.12. The Kier molecular flexibility index (Phi) is 7.36. The average molecular weight is 528 g/mol. The number of hydrogen-bond acceptors (Lipinski definition) is 5. The molecule has 5 rings (SSSR count). The number of ether oxygens (including phenoxy) is 1. The Bertz CT molecular complexity index is 1310. The molecule has 1 aromatic heterocycles. The van der Waals surface area contributed by atoms with Gasteiger partial charge >= 0.3 is 6.09 Å². The third-order valence-corrected chi connectivity index (χ3v) is 8.02. The number of aliphatic imine (C=N–C) groups is 2. The first-order valence-electron chi connectivity index (χ1n) is 14.2. The fourth-order valence-corrected chi connectivity index (χ4v) is 5.97. The molecule has 1 amide bonds. The SMILES string of the molecule is C=C/C=C\C(CC)C1=CC2C=Nc3cc(C)nn3C2N=C1C1C=CC(C2(NC(=O)OC(C)(C)C)CCC2)=CC1. The summed E-state index contributed by atoms with van der Waals surface area (Å²) in [5, 5.41) is 7.92. The highest BCUT2D eigenvalue weighted by molar-refractivity contribution is 6.05. The van der Waals surface area contributed by atoms with Gasteiger partial charge in [-0.1, -0.05) is 56.0 Å². The minimum atomic E-state index is -0.525. The van der Waals surface area contributed by atoms with Crippen LogP contribution in [0.3, 0.4) is 0 Å². The molecular formula is C32H41N5O2. The van der Waals surface area contributed by atoms with Crippen molar-refractivity contribution in [3.63, 3.8) is 0 Å². The van der Waals surface area contributed by atoms with Gasteiger partial charge in [0.2, 0.25) is 0 Å². The van der Waals surface area contributed by atoms with Crippen LogP contribution in [-0.2, 0) is 4.74 Å². The molecule has 4 unspecified atom stereocenters. The molecule has 1 fully saturated rings. The molecule has 7 nitrogen and oxygen atoms in total. The second kappa shape index (κ2) is 10.6. The van der Waals surface area contributed by atoms with Gasteiger partial charge in [0.15, 0.2) is 12.0 Å². The van der Waals surface area contributed by atoms with Crippen molar-refractivity contribution in [2.75, 3.05) is 0 Å². The summed E-state index contributed by atoms with van der Waals surface area (Å²) in [6, 6.07) is 2.01. The van der Waals surface area contributed by atoms with Gasteiger partial charge in [0.05, 0.1) is 17.2 Å². The predicted molar refractivity (Wildman–Crippen MR) is 158 cm³/mol. The lowest BCUT2D eigenvalue weighted by atomic mass is 9.69. The van der Waals surface area contributed by atoms with E-state index >= 15 is 0 Å². The van der Waals surface area contributed by atoms with Crippen molar-refractivity contribution in [2.45, 2.75) is 84.0 Å². The molecule has 4 atom stereocenters.